The number of nitrogens with two attached hydrogens (primary N) is 1. The first-order chi connectivity index (χ1) is 16.1. The van der Waals surface area contributed by atoms with Gasteiger partial charge in [-0.25, -0.2) is 18.7 Å². The van der Waals surface area contributed by atoms with Crippen molar-refractivity contribution in [3.8, 4) is 11.3 Å². The van der Waals surface area contributed by atoms with Crippen molar-refractivity contribution >= 4 is 5.82 Å². The molecule has 1 spiro atoms. The van der Waals surface area contributed by atoms with Gasteiger partial charge >= 0.3 is 6.18 Å². The van der Waals surface area contributed by atoms with E-state index < -0.39 is 35.4 Å². The predicted octanol–water partition coefficient (Wildman–Crippen LogP) is 3.41. The number of fused-ring (bicyclic) bond motifs is 2. The van der Waals surface area contributed by atoms with E-state index >= 15 is 0 Å². The molecule has 0 radical (unpaired) electrons. The summed E-state index contributed by atoms with van der Waals surface area (Å²) in [6.45, 7) is 1.73. The van der Waals surface area contributed by atoms with Crippen LogP contribution in [0.25, 0.3) is 11.3 Å². The second-order valence-corrected chi connectivity index (χ2v) is 9.43. The second-order valence-electron chi connectivity index (χ2n) is 9.43. The molecule has 2 fully saturated rings. The third kappa shape index (κ3) is 3.28. The molecule has 34 heavy (non-hydrogen) atoms. The zero-order chi connectivity index (χ0) is 23.9. The number of nitrogens with zero attached hydrogens (tertiary/aromatic N) is 6. The molecule has 0 bridgehead atoms. The van der Waals surface area contributed by atoms with Gasteiger partial charge in [0.1, 0.15) is 18.0 Å². The normalized spacial score (nSPS) is 26.8. The largest absolute Gasteiger partial charge is 0.419 e. The number of alkyl halides is 5. The van der Waals surface area contributed by atoms with Crippen LogP contribution in [-0.2, 0) is 18.1 Å². The highest BCUT2D eigenvalue weighted by atomic mass is 19.4. The number of anilines is 1. The average molecular weight is 480 g/mol. The Morgan fingerprint density at radius 2 is 1.91 bits per heavy atom. The van der Waals surface area contributed by atoms with Crippen molar-refractivity contribution in [2.75, 3.05) is 18.8 Å². The van der Waals surface area contributed by atoms with Gasteiger partial charge in [-0.05, 0) is 31.5 Å². The number of aryl methyl sites for hydroxylation is 1. The lowest BCUT2D eigenvalue weighted by Crippen LogP contribution is -2.34. The lowest BCUT2D eigenvalue weighted by Gasteiger charge is -2.28. The quantitative estimate of drug-likeness (QED) is 0.555. The minimum Gasteiger partial charge on any atom is -0.383 e. The van der Waals surface area contributed by atoms with Crippen molar-refractivity contribution in [3.63, 3.8) is 0 Å². The molecule has 2 aliphatic heterocycles. The minimum absolute atomic E-state index is 0.185. The molecule has 1 saturated heterocycles. The van der Waals surface area contributed by atoms with Crippen LogP contribution in [-0.4, -0.2) is 53.9 Å². The van der Waals surface area contributed by atoms with Gasteiger partial charge in [-0.15, -0.1) is 0 Å². The number of rotatable bonds is 4. The summed E-state index contributed by atoms with van der Waals surface area (Å²) >= 11 is 0. The van der Waals surface area contributed by atoms with Gasteiger partial charge in [0.05, 0.1) is 23.2 Å². The first-order valence-corrected chi connectivity index (χ1v) is 11.0. The summed E-state index contributed by atoms with van der Waals surface area (Å²) in [5, 5.41) is 11.1. The van der Waals surface area contributed by atoms with Crippen molar-refractivity contribution in [2.24, 2.45) is 5.92 Å². The molecule has 0 amide bonds. The fraction of sp³-hybridized carbons (Fsp3) is 0.524. The highest BCUT2D eigenvalue weighted by Gasteiger charge is 2.63. The highest BCUT2D eigenvalue weighted by Crippen LogP contribution is 2.58. The van der Waals surface area contributed by atoms with Crippen LogP contribution in [0.2, 0.25) is 0 Å². The van der Waals surface area contributed by atoms with Gasteiger partial charge in [0.2, 0.25) is 0 Å². The fourth-order valence-electron chi connectivity index (χ4n) is 5.55. The van der Waals surface area contributed by atoms with E-state index in [0.29, 0.717) is 31.2 Å². The summed E-state index contributed by atoms with van der Waals surface area (Å²) in [6, 6.07) is 2.19. The molecule has 180 valence electrons. The summed E-state index contributed by atoms with van der Waals surface area (Å²) in [5.41, 5.74) is 5.61. The van der Waals surface area contributed by atoms with Crippen LogP contribution in [0.5, 0.6) is 0 Å². The van der Waals surface area contributed by atoms with Crippen molar-refractivity contribution in [1.82, 2.24) is 34.8 Å². The molecule has 8 nitrogen and oxygen atoms in total. The van der Waals surface area contributed by atoms with E-state index in [1.807, 2.05) is 4.90 Å². The summed E-state index contributed by atoms with van der Waals surface area (Å²) in [6.07, 6.45) is -0.690. The highest BCUT2D eigenvalue weighted by molar-refractivity contribution is 5.63. The lowest BCUT2D eigenvalue weighted by molar-refractivity contribution is -0.137. The standard InChI is InChI=1S/C21H21F5N8/c22-20(23)7-13(20)16(18-29-10-30-31-18)33-3-1-19(9-33)2-4-34-15(19)6-14(32-34)11-5-12(21(24,25)26)17(27)28-8-11/h5-6,8,10,13,16H,1-4,7,9H2,(H2,27,28)(H,29,30,31)/t13?,16-,19-/m1/s1. The van der Waals surface area contributed by atoms with Crippen LogP contribution in [0.3, 0.4) is 0 Å². The molecule has 3 N–H and O–H groups in total. The van der Waals surface area contributed by atoms with E-state index in [0.717, 1.165) is 24.6 Å². The van der Waals surface area contributed by atoms with Gasteiger partial charge in [0.25, 0.3) is 5.92 Å². The molecule has 1 saturated carbocycles. The molecule has 1 unspecified atom stereocenters. The molecule has 3 aromatic rings. The monoisotopic (exact) mass is 480 g/mol. The molecule has 6 rings (SSSR count). The van der Waals surface area contributed by atoms with Crippen molar-refractivity contribution < 1.29 is 22.0 Å². The van der Waals surface area contributed by atoms with E-state index in [2.05, 4.69) is 25.3 Å². The summed E-state index contributed by atoms with van der Waals surface area (Å²) in [5.74, 6) is -3.70. The number of pyridine rings is 1. The second kappa shape index (κ2) is 6.96. The lowest BCUT2D eigenvalue weighted by atomic mass is 9.82. The van der Waals surface area contributed by atoms with E-state index in [9.17, 15) is 22.0 Å². The van der Waals surface area contributed by atoms with E-state index in [4.69, 9.17) is 5.73 Å². The molecular formula is C21H21F5N8. The third-order valence-corrected chi connectivity index (χ3v) is 7.39. The zero-order valence-electron chi connectivity index (χ0n) is 17.9. The fourth-order valence-corrected chi connectivity index (χ4v) is 5.55. The summed E-state index contributed by atoms with van der Waals surface area (Å²) < 4.78 is 69.7. The van der Waals surface area contributed by atoms with Crippen LogP contribution >= 0.6 is 0 Å². The first-order valence-electron chi connectivity index (χ1n) is 11.0. The number of nitrogens with one attached hydrogen (secondary N) is 1. The van der Waals surface area contributed by atoms with Crippen molar-refractivity contribution in [1.29, 1.82) is 0 Å². The van der Waals surface area contributed by atoms with Crippen LogP contribution in [0, 0.1) is 5.92 Å². The number of aromatic amines is 1. The SMILES string of the molecule is Nc1ncc(-c2cc3n(n2)CC[C@@]32CCN([C@@H](c3ncn[nH]3)C3CC3(F)F)C2)cc1C(F)(F)F. The Balaban J connectivity index is 1.30. The number of hydrogen-bond donors (Lipinski definition) is 2. The Hall–Kier alpha value is -3.09. The van der Waals surface area contributed by atoms with Gasteiger partial charge in [0.15, 0.2) is 0 Å². The van der Waals surface area contributed by atoms with Gasteiger partial charge in [-0.3, -0.25) is 14.7 Å². The summed E-state index contributed by atoms with van der Waals surface area (Å²) in [4.78, 5) is 9.90. The molecule has 13 heteroatoms. The smallest absolute Gasteiger partial charge is 0.383 e. The van der Waals surface area contributed by atoms with Crippen molar-refractivity contribution in [2.45, 2.75) is 49.4 Å². The predicted molar refractivity (Wildman–Crippen MR) is 110 cm³/mol. The van der Waals surface area contributed by atoms with Crippen LogP contribution < -0.4 is 5.73 Å². The minimum atomic E-state index is -4.62. The van der Waals surface area contributed by atoms with Gasteiger partial charge in [-0.1, -0.05) is 0 Å². The summed E-state index contributed by atoms with van der Waals surface area (Å²) in [7, 11) is 0. The van der Waals surface area contributed by atoms with Gasteiger partial charge in [0, 0.05) is 42.4 Å². The Morgan fingerprint density at radius 1 is 1.15 bits per heavy atom. The van der Waals surface area contributed by atoms with E-state index in [1.165, 1.54) is 12.5 Å². The Kier molecular flexibility index (Phi) is 4.39. The molecule has 3 aliphatic rings. The van der Waals surface area contributed by atoms with Gasteiger partial charge < -0.3 is 5.73 Å². The maximum absolute atomic E-state index is 14.0. The number of nitrogen functional groups attached to an aromatic ring is 1. The van der Waals surface area contributed by atoms with Crippen molar-refractivity contribution in [3.05, 3.63) is 41.7 Å². The Labute approximate surface area is 190 Å². The number of H-pyrrole nitrogens is 1. The molecule has 5 heterocycles. The maximum atomic E-state index is 14.0. The molecule has 3 atom stereocenters. The Bertz CT molecular complexity index is 1240. The molecule has 1 aliphatic carbocycles. The number of hydrogen-bond acceptors (Lipinski definition) is 6. The van der Waals surface area contributed by atoms with Crippen LogP contribution in [0.4, 0.5) is 27.8 Å². The van der Waals surface area contributed by atoms with Crippen LogP contribution in [0.15, 0.2) is 24.7 Å². The molecule has 3 aromatic heterocycles. The Morgan fingerprint density at radius 3 is 2.59 bits per heavy atom. The topological polar surface area (TPSA) is 102 Å². The van der Waals surface area contributed by atoms with E-state index in [1.54, 1.807) is 10.7 Å². The maximum Gasteiger partial charge on any atom is 0.419 e. The van der Waals surface area contributed by atoms with Crippen LogP contribution in [0.1, 0.15) is 42.4 Å². The number of halogens is 5. The number of aromatic nitrogens is 6. The third-order valence-electron chi connectivity index (χ3n) is 7.39. The average Bonchev–Trinajstić information content (AvgIpc) is 3.35. The molecule has 0 aromatic carbocycles. The molecular weight excluding hydrogens is 459 g/mol. The van der Waals surface area contributed by atoms with Gasteiger partial charge in [-0.2, -0.15) is 23.4 Å². The first kappa shape index (κ1) is 21.4. The number of likely N-dealkylation sites (tertiary alicyclic amines) is 1. The van der Waals surface area contributed by atoms with E-state index in [-0.39, 0.29) is 17.4 Å². The zero-order valence-corrected chi connectivity index (χ0v) is 17.9.